The van der Waals surface area contributed by atoms with Gasteiger partial charge in [0.2, 0.25) is 0 Å². The van der Waals surface area contributed by atoms with Crippen molar-refractivity contribution in [1.82, 2.24) is 5.32 Å². The summed E-state index contributed by atoms with van der Waals surface area (Å²) >= 11 is 1.31. The Hall–Kier alpha value is -1.44. The van der Waals surface area contributed by atoms with Gasteiger partial charge in [0.15, 0.2) is 0 Å². The van der Waals surface area contributed by atoms with Crippen LogP contribution in [0.5, 0.6) is 0 Å². The molecule has 26 heavy (non-hydrogen) atoms. The van der Waals surface area contributed by atoms with Crippen molar-refractivity contribution >= 4 is 29.8 Å². The molecule has 2 N–H and O–H groups in total. The molecule has 0 aliphatic carbocycles. The zero-order valence-electron chi connectivity index (χ0n) is 16.6. The summed E-state index contributed by atoms with van der Waals surface area (Å²) in [4.78, 5) is 35.0. The highest BCUT2D eigenvalue weighted by Gasteiger charge is 2.25. The van der Waals surface area contributed by atoms with Crippen LogP contribution >= 0.6 is 11.8 Å². The fourth-order valence-corrected chi connectivity index (χ4v) is 3.18. The largest absolute Gasteiger partial charge is 0.480 e. The van der Waals surface area contributed by atoms with E-state index >= 15 is 0 Å². The van der Waals surface area contributed by atoms with E-state index in [9.17, 15) is 19.5 Å². The number of carboxylic acids is 1. The topological polar surface area (TPSA) is 102 Å². The van der Waals surface area contributed by atoms with Gasteiger partial charge in [0.25, 0.3) is 6.29 Å². The van der Waals surface area contributed by atoms with Crippen molar-refractivity contribution in [2.45, 2.75) is 65.9 Å². The summed E-state index contributed by atoms with van der Waals surface area (Å²) in [5.41, 5.74) is 0. The number of rotatable bonds is 12. The molecular weight excluding hydrogens is 358 g/mol. The van der Waals surface area contributed by atoms with E-state index in [1.807, 2.05) is 0 Å². The molecule has 0 saturated heterocycles. The van der Waals surface area contributed by atoms with Crippen molar-refractivity contribution in [1.29, 1.82) is 0 Å². The number of nitrogens with one attached hydrogen (secondary N) is 1. The highest BCUT2D eigenvalue weighted by molar-refractivity contribution is 8.00. The molecule has 0 bridgehead atoms. The lowest BCUT2D eigenvalue weighted by Gasteiger charge is -2.23. The highest BCUT2D eigenvalue weighted by atomic mass is 32.2. The van der Waals surface area contributed by atoms with E-state index < -0.39 is 29.6 Å². The average molecular weight is 392 g/mol. The van der Waals surface area contributed by atoms with Crippen LogP contribution in [0, 0.1) is 17.8 Å². The lowest BCUT2D eigenvalue weighted by atomic mass is 10.1. The van der Waals surface area contributed by atoms with E-state index in [0.717, 1.165) is 18.6 Å². The van der Waals surface area contributed by atoms with Crippen molar-refractivity contribution in [3.63, 3.8) is 0 Å². The molecule has 7 nitrogen and oxygen atoms in total. The van der Waals surface area contributed by atoms with Gasteiger partial charge in [-0.1, -0.05) is 54.4 Å². The number of alkyl carbamates (subject to hydrolysis) is 1. The first-order valence-electron chi connectivity index (χ1n) is 9.11. The molecule has 0 radical (unpaired) electrons. The third kappa shape index (κ3) is 9.89. The lowest BCUT2D eigenvalue weighted by molar-refractivity contribution is -0.178. The molecule has 0 aromatic rings. The number of aliphatic carboxylic acids is 1. The summed E-state index contributed by atoms with van der Waals surface area (Å²) in [6, 6.07) is 0. The van der Waals surface area contributed by atoms with E-state index in [0.29, 0.717) is 5.92 Å². The number of carbonyl (C=O) groups is 3. The number of carboxylic acid groups (broad SMARTS) is 1. The van der Waals surface area contributed by atoms with Crippen molar-refractivity contribution < 1.29 is 29.0 Å². The van der Waals surface area contributed by atoms with Gasteiger partial charge in [-0.2, -0.15) is 0 Å². The van der Waals surface area contributed by atoms with Gasteiger partial charge in [-0.05, 0) is 11.7 Å². The molecule has 0 saturated carbocycles. The summed E-state index contributed by atoms with van der Waals surface area (Å²) in [5.74, 6) is -0.812. The Balaban J connectivity index is 4.56. The van der Waals surface area contributed by atoms with Crippen LogP contribution in [-0.2, 0) is 19.1 Å². The van der Waals surface area contributed by atoms with Crippen LogP contribution in [0.25, 0.3) is 0 Å². The quantitative estimate of drug-likeness (QED) is 0.388. The van der Waals surface area contributed by atoms with Gasteiger partial charge in [-0.15, -0.1) is 11.8 Å². The molecule has 0 aliphatic heterocycles. The second-order valence-corrected chi connectivity index (χ2v) is 8.07. The fourth-order valence-electron chi connectivity index (χ4n) is 1.86. The third-order valence-corrected chi connectivity index (χ3v) is 5.30. The first-order chi connectivity index (χ1) is 12.1. The Labute approximate surface area is 160 Å². The van der Waals surface area contributed by atoms with Gasteiger partial charge in [0.05, 0.1) is 5.92 Å². The van der Waals surface area contributed by atoms with Crippen molar-refractivity contribution in [3.05, 3.63) is 0 Å². The molecule has 2 atom stereocenters. The van der Waals surface area contributed by atoms with E-state index in [1.54, 1.807) is 27.7 Å². The summed E-state index contributed by atoms with van der Waals surface area (Å²) < 4.78 is 10.3. The fraction of sp³-hybridized carbons (Fsp3) is 0.833. The van der Waals surface area contributed by atoms with Crippen LogP contribution in [0.2, 0.25) is 0 Å². The molecule has 0 spiro atoms. The van der Waals surface area contributed by atoms with Crippen molar-refractivity contribution in [3.8, 4) is 0 Å². The molecule has 0 fully saturated rings. The van der Waals surface area contributed by atoms with Crippen LogP contribution in [0.1, 0.15) is 54.4 Å². The predicted molar refractivity (Wildman–Crippen MR) is 102 cm³/mol. The zero-order chi connectivity index (χ0) is 20.3. The van der Waals surface area contributed by atoms with Crippen LogP contribution in [0.4, 0.5) is 4.79 Å². The molecule has 0 aromatic heterocycles. The molecule has 152 valence electrons. The molecule has 0 unspecified atom stereocenters. The maximum absolute atomic E-state index is 12.0. The highest BCUT2D eigenvalue weighted by Crippen LogP contribution is 2.20. The Kier molecular flexibility index (Phi) is 12.1. The maximum atomic E-state index is 12.0. The number of hydrogen-bond donors (Lipinski definition) is 2. The molecule has 0 aromatic carbocycles. The van der Waals surface area contributed by atoms with Gasteiger partial charge in [-0.3, -0.25) is 9.59 Å². The second-order valence-electron chi connectivity index (χ2n) is 6.83. The van der Waals surface area contributed by atoms with Crippen LogP contribution < -0.4 is 5.32 Å². The maximum Gasteiger partial charge on any atom is 0.410 e. The zero-order valence-corrected chi connectivity index (χ0v) is 17.4. The Morgan fingerprint density at radius 3 is 2.04 bits per heavy atom. The normalized spacial score (nSPS) is 13.6. The lowest BCUT2D eigenvalue weighted by Crippen LogP contribution is -2.39. The standard InChI is InChI=1S/C18H33NO6S/c1-7-13(8-2)10-26-14(15(20)21)9-19-18(23)25-17(12(5)6)24-16(22)11(3)4/h11-14,17H,7-10H2,1-6H3,(H,19,23)(H,20,21)/t14-,17-/m0/s1. The molecule has 8 heteroatoms. The van der Waals surface area contributed by atoms with E-state index in [2.05, 4.69) is 19.2 Å². The number of hydrogen-bond acceptors (Lipinski definition) is 6. The van der Waals surface area contributed by atoms with Gasteiger partial charge in [-0.25, -0.2) is 4.79 Å². The third-order valence-electron chi connectivity index (χ3n) is 3.87. The predicted octanol–water partition coefficient (Wildman–Crippen LogP) is 3.52. The Morgan fingerprint density at radius 1 is 1.04 bits per heavy atom. The Bertz CT molecular complexity index is 451. The Morgan fingerprint density at radius 2 is 1.62 bits per heavy atom. The van der Waals surface area contributed by atoms with E-state index in [4.69, 9.17) is 9.47 Å². The number of amides is 1. The van der Waals surface area contributed by atoms with E-state index in [1.165, 1.54) is 11.8 Å². The van der Waals surface area contributed by atoms with Crippen LogP contribution in [0.15, 0.2) is 0 Å². The first-order valence-corrected chi connectivity index (χ1v) is 10.2. The summed E-state index contributed by atoms with van der Waals surface area (Å²) in [7, 11) is 0. The average Bonchev–Trinajstić information content (AvgIpc) is 2.56. The van der Waals surface area contributed by atoms with E-state index in [-0.39, 0.29) is 18.4 Å². The number of esters is 1. The van der Waals surface area contributed by atoms with Crippen LogP contribution in [-0.4, -0.2) is 47.0 Å². The summed E-state index contributed by atoms with van der Waals surface area (Å²) in [5, 5.41) is 11.0. The first kappa shape index (κ1) is 24.6. The number of ether oxygens (including phenoxy) is 2. The SMILES string of the molecule is CCC(CC)CS[C@@H](CNC(=O)O[C@H](OC(=O)C(C)C)C(C)C)C(=O)O. The minimum Gasteiger partial charge on any atom is -0.480 e. The van der Waals surface area contributed by atoms with Gasteiger partial charge in [0.1, 0.15) is 5.25 Å². The molecule has 0 rings (SSSR count). The molecule has 1 amide bonds. The second kappa shape index (κ2) is 12.8. The van der Waals surface area contributed by atoms with Gasteiger partial charge < -0.3 is 19.9 Å². The molecular formula is C18H33NO6S. The summed E-state index contributed by atoms with van der Waals surface area (Å²) in [6.45, 7) is 11.0. The minimum absolute atomic E-state index is 0.0536. The minimum atomic E-state index is -1.01. The molecule has 0 aliphatic rings. The van der Waals surface area contributed by atoms with Crippen LogP contribution in [0.3, 0.4) is 0 Å². The molecule has 0 heterocycles. The smallest absolute Gasteiger partial charge is 0.410 e. The monoisotopic (exact) mass is 391 g/mol. The number of thioether (sulfide) groups is 1. The van der Waals surface area contributed by atoms with Crippen molar-refractivity contribution in [2.75, 3.05) is 12.3 Å². The number of carbonyl (C=O) groups excluding carboxylic acids is 2. The van der Waals surface area contributed by atoms with Gasteiger partial charge in [0, 0.05) is 12.5 Å². The van der Waals surface area contributed by atoms with Crippen molar-refractivity contribution in [2.24, 2.45) is 17.8 Å². The summed E-state index contributed by atoms with van der Waals surface area (Å²) in [6.07, 6.45) is 0.172. The van der Waals surface area contributed by atoms with Gasteiger partial charge >= 0.3 is 18.0 Å².